The molecule has 6 rings (SSSR count). The molecule has 1 N–H and O–H groups in total. The van der Waals surface area contributed by atoms with Crippen molar-refractivity contribution in [1.29, 1.82) is 0 Å². The van der Waals surface area contributed by atoms with Crippen LogP contribution in [0.1, 0.15) is 30.9 Å². The van der Waals surface area contributed by atoms with Crippen molar-refractivity contribution in [3.8, 4) is 11.4 Å². The van der Waals surface area contributed by atoms with Crippen molar-refractivity contribution in [3.63, 3.8) is 0 Å². The van der Waals surface area contributed by atoms with Crippen molar-refractivity contribution in [3.05, 3.63) is 96.3 Å². The number of carbonyl (C=O) groups excluding carboxylic acids is 1. The molecule has 1 amide bonds. The number of halogens is 3. The second-order valence-electron chi connectivity index (χ2n) is 10.1. The van der Waals surface area contributed by atoms with Gasteiger partial charge < -0.3 is 4.74 Å². The second kappa shape index (κ2) is 11.1. The Kier molecular flexibility index (Phi) is 7.38. The number of thioether (sulfide) groups is 1. The van der Waals surface area contributed by atoms with Gasteiger partial charge in [0.1, 0.15) is 12.1 Å². The molecule has 2 heterocycles. The van der Waals surface area contributed by atoms with Crippen LogP contribution in [0.3, 0.4) is 0 Å². The number of rotatable bonds is 7. The third-order valence-corrected chi connectivity index (χ3v) is 7.84. The zero-order valence-electron chi connectivity index (χ0n) is 22.7. The minimum absolute atomic E-state index is 0.0566. The largest absolute Gasteiger partial charge is 0.573 e. The lowest BCUT2D eigenvalue weighted by Gasteiger charge is -2.18. The summed E-state index contributed by atoms with van der Waals surface area (Å²) in [5.41, 5.74) is 8.43. The van der Waals surface area contributed by atoms with Crippen LogP contribution in [0.25, 0.3) is 27.5 Å². The molecule has 4 aromatic carbocycles. The number of nitrogens with zero attached hydrogens (tertiary/aromatic N) is 4. The molecule has 42 heavy (non-hydrogen) atoms. The summed E-state index contributed by atoms with van der Waals surface area (Å²) in [7, 11) is 0. The molecule has 5 aromatic rings. The van der Waals surface area contributed by atoms with E-state index >= 15 is 0 Å². The Morgan fingerprint density at radius 3 is 2.60 bits per heavy atom. The Morgan fingerprint density at radius 2 is 1.83 bits per heavy atom. The van der Waals surface area contributed by atoms with Gasteiger partial charge in [0.05, 0.1) is 22.5 Å². The first kappa shape index (κ1) is 27.8. The molecule has 0 bridgehead atoms. The summed E-state index contributed by atoms with van der Waals surface area (Å²) in [5.74, 6) is 0.277. The average Bonchev–Trinajstić information content (AvgIpc) is 3.55. The number of hydrogen-bond donors (Lipinski definition) is 1. The summed E-state index contributed by atoms with van der Waals surface area (Å²) in [5, 5.41) is 4.04. The van der Waals surface area contributed by atoms with Crippen LogP contribution in [0.5, 0.6) is 5.75 Å². The van der Waals surface area contributed by atoms with Gasteiger partial charge in [0.15, 0.2) is 5.17 Å². The minimum Gasteiger partial charge on any atom is -0.406 e. The first-order valence-electron chi connectivity index (χ1n) is 13.3. The predicted molar refractivity (Wildman–Crippen MR) is 159 cm³/mol. The quantitative estimate of drug-likeness (QED) is 0.213. The van der Waals surface area contributed by atoms with Crippen LogP contribution in [0.2, 0.25) is 0 Å². The molecule has 0 radical (unpaired) electrons. The molecule has 214 valence electrons. The van der Waals surface area contributed by atoms with Gasteiger partial charge in [-0.2, -0.15) is 0 Å². The first-order valence-corrected chi connectivity index (χ1v) is 14.3. The topological polar surface area (TPSA) is 71.8 Å². The molecular formula is C31H26F3N5O2S. The average molecular weight is 590 g/mol. The smallest absolute Gasteiger partial charge is 0.406 e. The number of imidazole rings is 1. The standard InChI is InChI=1S/C31H26F3N5O2S/c1-19(2)24-5-3-4-6-26(24)37-30-39(28(40)17-42-30)36-16-20-7-13-25-21(15-20)8-14-27-29(25)38(18-35-27)22-9-11-23(12-10-22)41-31(32,33)34/h3-15,18-19,36H,16-17H2,1-2H3. The van der Waals surface area contributed by atoms with E-state index in [4.69, 9.17) is 4.99 Å². The summed E-state index contributed by atoms with van der Waals surface area (Å²) in [6.07, 6.45) is -3.10. The number of benzene rings is 4. The van der Waals surface area contributed by atoms with Gasteiger partial charge >= 0.3 is 6.36 Å². The Balaban J connectivity index is 1.25. The number of aliphatic imine (C=N–C) groups is 1. The molecule has 7 nitrogen and oxygen atoms in total. The van der Waals surface area contributed by atoms with Crippen molar-refractivity contribution >= 4 is 50.3 Å². The third-order valence-electron chi connectivity index (χ3n) is 6.92. The highest BCUT2D eigenvalue weighted by Gasteiger charge is 2.31. The summed E-state index contributed by atoms with van der Waals surface area (Å²) in [4.78, 5) is 22.0. The summed E-state index contributed by atoms with van der Waals surface area (Å²) < 4.78 is 43.6. The van der Waals surface area contributed by atoms with Crippen LogP contribution in [-0.4, -0.2) is 37.8 Å². The zero-order valence-corrected chi connectivity index (χ0v) is 23.5. The summed E-state index contributed by atoms with van der Waals surface area (Å²) in [6.45, 7) is 4.64. The van der Waals surface area contributed by atoms with E-state index in [1.807, 2.05) is 53.1 Å². The highest BCUT2D eigenvalue weighted by molar-refractivity contribution is 8.15. The van der Waals surface area contributed by atoms with Gasteiger partial charge in [0, 0.05) is 17.6 Å². The van der Waals surface area contributed by atoms with Crippen molar-refractivity contribution in [2.24, 2.45) is 4.99 Å². The van der Waals surface area contributed by atoms with Gasteiger partial charge in [-0.25, -0.2) is 20.4 Å². The number of amides is 1. The van der Waals surface area contributed by atoms with Crippen LogP contribution in [-0.2, 0) is 11.3 Å². The van der Waals surface area contributed by atoms with E-state index < -0.39 is 6.36 Å². The molecule has 1 aromatic heterocycles. The monoisotopic (exact) mass is 589 g/mol. The number of aromatic nitrogens is 2. The molecule has 1 aliphatic rings. The number of carbonyl (C=O) groups is 1. The van der Waals surface area contributed by atoms with E-state index in [0.29, 0.717) is 29.1 Å². The molecule has 0 unspecified atom stereocenters. The number of amidine groups is 1. The molecule has 0 atom stereocenters. The highest BCUT2D eigenvalue weighted by Crippen LogP contribution is 2.31. The normalized spacial score (nSPS) is 15.0. The van der Waals surface area contributed by atoms with Gasteiger partial charge in [0.2, 0.25) is 0 Å². The first-order chi connectivity index (χ1) is 20.2. The number of nitrogens with one attached hydrogen (secondary N) is 1. The third kappa shape index (κ3) is 5.70. The van der Waals surface area contributed by atoms with Crippen molar-refractivity contribution in [1.82, 2.24) is 20.0 Å². The minimum atomic E-state index is -4.75. The molecule has 1 aliphatic heterocycles. The molecule has 1 fully saturated rings. The van der Waals surface area contributed by atoms with Gasteiger partial charge in [-0.05, 0) is 64.9 Å². The van der Waals surface area contributed by atoms with Crippen LogP contribution < -0.4 is 10.2 Å². The van der Waals surface area contributed by atoms with E-state index in [-0.39, 0.29) is 11.7 Å². The van der Waals surface area contributed by atoms with Crippen molar-refractivity contribution in [2.45, 2.75) is 32.7 Å². The van der Waals surface area contributed by atoms with E-state index in [1.165, 1.54) is 28.9 Å². The van der Waals surface area contributed by atoms with E-state index in [1.54, 1.807) is 18.5 Å². The molecule has 0 spiro atoms. The molecule has 1 saturated heterocycles. The SMILES string of the molecule is CC(C)c1ccccc1N=C1SCC(=O)N1NCc1ccc2c(ccc3ncn(-c4ccc(OC(F)(F)F)cc4)c32)c1. The fourth-order valence-electron chi connectivity index (χ4n) is 4.95. The second-order valence-corrected chi connectivity index (χ2v) is 11.0. The van der Waals surface area contributed by atoms with Crippen molar-refractivity contribution < 1.29 is 22.7 Å². The molecule has 0 saturated carbocycles. The van der Waals surface area contributed by atoms with Gasteiger partial charge in [-0.15, -0.1) is 13.2 Å². The Bertz CT molecular complexity index is 1820. The Hall–Kier alpha value is -4.35. The number of alkyl halides is 3. The number of hydrogen-bond acceptors (Lipinski definition) is 6. The van der Waals surface area contributed by atoms with Crippen LogP contribution in [0.4, 0.5) is 18.9 Å². The lowest BCUT2D eigenvalue weighted by atomic mass is 10.0. The molecule has 11 heteroatoms. The number of hydrazine groups is 1. The van der Waals surface area contributed by atoms with Crippen LogP contribution in [0, 0.1) is 0 Å². The fourth-order valence-corrected chi connectivity index (χ4v) is 5.79. The van der Waals surface area contributed by atoms with E-state index in [2.05, 4.69) is 35.1 Å². The lowest BCUT2D eigenvalue weighted by Crippen LogP contribution is -2.41. The van der Waals surface area contributed by atoms with Crippen molar-refractivity contribution in [2.75, 3.05) is 5.75 Å². The van der Waals surface area contributed by atoms with Gasteiger partial charge in [0.25, 0.3) is 5.91 Å². The number of fused-ring (bicyclic) bond motifs is 3. The van der Waals surface area contributed by atoms with Gasteiger partial charge in [-0.1, -0.05) is 62.0 Å². The van der Waals surface area contributed by atoms with E-state index in [0.717, 1.165) is 38.6 Å². The van der Waals surface area contributed by atoms with Gasteiger partial charge in [-0.3, -0.25) is 9.36 Å². The molecule has 0 aliphatic carbocycles. The van der Waals surface area contributed by atoms with E-state index in [9.17, 15) is 18.0 Å². The lowest BCUT2D eigenvalue weighted by molar-refractivity contribution is -0.274. The fraction of sp³-hybridized carbons (Fsp3) is 0.194. The maximum Gasteiger partial charge on any atom is 0.573 e. The predicted octanol–water partition coefficient (Wildman–Crippen LogP) is 7.47. The Labute approximate surface area is 244 Å². The zero-order chi connectivity index (χ0) is 29.4. The highest BCUT2D eigenvalue weighted by atomic mass is 32.2. The number of para-hydroxylation sites is 1. The maximum absolute atomic E-state index is 12.7. The maximum atomic E-state index is 12.7. The summed E-state index contributed by atoms with van der Waals surface area (Å²) in [6, 6.07) is 23.5. The number of ether oxygens (including phenoxy) is 1. The molecular weight excluding hydrogens is 563 g/mol. The summed E-state index contributed by atoms with van der Waals surface area (Å²) >= 11 is 1.41. The van der Waals surface area contributed by atoms with Crippen LogP contribution >= 0.6 is 11.8 Å². The Morgan fingerprint density at radius 1 is 1.05 bits per heavy atom. The van der Waals surface area contributed by atoms with Crippen LogP contribution in [0.15, 0.2) is 90.2 Å².